The first-order chi connectivity index (χ1) is 8.33. The zero-order valence-corrected chi connectivity index (χ0v) is 10.8. The van der Waals surface area contributed by atoms with E-state index in [9.17, 15) is 22.0 Å². The molecule has 0 aliphatic heterocycles. The Labute approximate surface area is 105 Å². The minimum absolute atomic E-state index is 0.0238. The summed E-state index contributed by atoms with van der Waals surface area (Å²) in [5.41, 5.74) is 0. The van der Waals surface area contributed by atoms with Gasteiger partial charge in [0.05, 0.1) is 5.75 Å². The van der Waals surface area contributed by atoms with Gasteiger partial charge in [0.1, 0.15) is 22.3 Å². The molecule has 0 aliphatic rings. The van der Waals surface area contributed by atoms with Gasteiger partial charge in [0.25, 0.3) is 0 Å². The van der Waals surface area contributed by atoms with E-state index in [-0.39, 0.29) is 18.0 Å². The molecule has 0 heterocycles. The minimum atomic E-state index is -3.84. The molecule has 0 amide bonds. The Balaban J connectivity index is 2.74. The number of benzene rings is 1. The fraction of sp³-hybridized carbons (Fsp3) is 0.417. The Morgan fingerprint density at radius 3 is 2.50 bits per heavy atom. The lowest BCUT2D eigenvalue weighted by molar-refractivity contribution is -0.117. The standard InChI is InChI=1S/C12H14F2O3S/c1-9(15)4-2-3-7-18(16,17)12-8-10(13)5-6-11(12)14/h5-6,8H,2-4,7H2,1H3. The van der Waals surface area contributed by atoms with E-state index in [0.717, 1.165) is 12.1 Å². The Hall–Kier alpha value is -1.30. The molecular weight excluding hydrogens is 262 g/mol. The summed E-state index contributed by atoms with van der Waals surface area (Å²) in [5.74, 6) is -2.06. The van der Waals surface area contributed by atoms with Gasteiger partial charge in [-0.15, -0.1) is 0 Å². The number of carbonyl (C=O) groups is 1. The quantitative estimate of drug-likeness (QED) is 0.750. The number of unbranched alkanes of at least 4 members (excludes halogenated alkanes) is 1. The maximum atomic E-state index is 13.3. The topological polar surface area (TPSA) is 51.2 Å². The molecule has 0 fully saturated rings. The van der Waals surface area contributed by atoms with E-state index in [4.69, 9.17) is 0 Å². The normalized spacial score (nSPS) is 11.5. The van der Waals surface area contributed by atoms with E-state index in [2.05, 4.69) is 0 Å². The van der Waals surface area contributed by atoms with Crippen LogP contribution in [0.5, 0.6) is 0 Å². The number of hydrogen-bond acceptors (Lipinski definition) is 3. The van der Waals surface area contributed by atoms with Crippen molar-refractivity contribution in [3.8, 4) is 0 Å². The molecule has 100 valence electrons. The number of sulfone groups is 1. The summed E-state index contributed by atoms with van der Waals surface area (Å²) in [6, 6.07) is 2.33. The van der Waals surface area contributed by atoms with Gasteiger partial charge in [-0.25, -0.2) is 17.2 Å². The van der Waals surface area contributed by atoms with Crippen LogP contribution in [0, 0.1) is 11.6 Å². The van der Waals surface area contributed by atoms with Crippen LogP contribution in [0.15, 0.2) is 23.1 Å². The highest BCUT2D eigenvalue weighted by Gasteiger charge is 2.19. The van der Waals surface area contributed by atoms with E-state index in [0.29, 0.717) is 18.9 Å². The molecule has 1 rings (SSSR count). The first kappa shape index (κ1) is 14.8. The number of ketones is 1. The first-order valence-corrected chi connectivity index (χ1v) is 7.15. The molecule has 0 radical (unpaired) electrons. The Bertz CT molecular complexity index is 538. The summed E-state index contributed by atoms with van der Waals surface area (Å²) in [6.45, 7) is 1.42. The fourth-order valence-electron chi connectivity index (χ4n) is 1.49. The smallest absolute Gasteiger partial charge is 0.181 e. The summed E-state index contributed by atoms with van der Waals surface area (Å²) in [7, 11) is -3.84. The lowest BCUT2D eigenvalue weighted by Gasteiger charge is -2.05. The third-order valence-electron chi connectivity index (χ3n) is 2.42. The molecule has 6 heteroatoms. The third kappa shape index (κ3) is 4.18. The van der Waals surface area contributed by atoms with Gasteiger partial charge < -0.3 is 4.79 Å². The lowest BCUT2D eigenvalue weighted by atomic mass is 10.2. The van der Waals surface area contributed by atoms with Crippen LogP contribution in [0.25, 0.3) is 0 Å². The van der Waals surface area contributed by atoms with Gasteiger partial charge in [-0.3, -0.25) is 0 Å². The van der Waals surface area contributed by atoms with Crippen molar-refractivity contribution in [1.29, 1.82) is 0 Å². The summed E-state index contributed by atoms with van der Waals surface area (Å²) in [6.07, 6.45) is 0.963. The van der Waals surface area contributed by atoms with Crippen LogP contribution >= 0.6 is 0 Å². The van der Waals surface area contributed by atoms with Crippen molar-refractivity contribution in [2.24, 2.45) is 0 Å². The van der Waals surface area contributed by atoms with Crippen molar-refractivity contribution in [3.63, 3.8) is 0 Å². The predicted octanol–water partition coefficient (Wildman–Crippen LogP) is 2.50. The highest BCUT2D eigenvalue weighted by molar-refractivity contribution is 7.91. The molecule has 0 unspecified atom stereocenters. The zero-order valence-electron chi connectivity index (χ0n) is 9.95. The van der Waals surface area contributed by atoms with E-state index < -0.39 is 26.4 Å². The molecule has 0 N–H and O–H groups in total. The van der Waals surface area contributed by atoms with Crippen LogP contribution in [0.2, 0.25) is 0 Å². The van der Waals surface area contributed by atoms with Gasteiger partial charge in [0.15, 0.2) is 9.84 Å². The van der Waals surface area contributed by atoms with Crippen molar-refractivity contribution >= 4 is 15.6 Å². The largest absolute Gasteiger partial charge is 0.300 e. The Morgan fingerprint density at radius 2 is 1.89 bits per heavy atom. The average molecular weight is 276 g/mol. The number of halogens is 2. The molecular formula is C12H14F2O3S. The summed E-state index contributed by atoms with van der Waals surface area (Å²) in [5, 5.41) is 0. The van der Waals surface area contributed by atoms with Gasteiger partial charge in [0.2, 0.25) is 0 Å². The molecule has 0 atom stereocenters. The van der Waals surface area contributed by atoms with Crippen LogP contribution in [-0.2, 0) is 14.6 Å². The number of carbonyl (C=O) groups excluding carboxylic acids is 1. The van der Waals surface area contributed by atoms with Crippen molar-refractivity contribution in [3.05, 3.63) is 29.8 Å². The van der Waals surface area contributed by atoms with Crippen molar-refractivity contribution in [2.45, 2.75) is 31.1 Å². The van der Waals surface area contributed by atoms with Crippen molar-refractivity contribution in [2.75, 3.05) is 5.75 Å². The van der Waals surface area contributed by atoms with Gasteiger partial charge in [-0.2, -0.15) is 0 Å². The van der Waals surface area contributed by atoms with E-state index >= 15 is 0 Å². The maximum Gasteiger partial charge on any atom is 0.181 e. The van der Waals surface area contributed by atoms with Crippen LogP contribution in [0.4, 0.5) is 8.78 Å². The summed E-state index contributed by atoms with van der Waals surface area (Å²) >= 11 is 0. The molecule has 0 bridgehead atoms. The molecule has 18 heavy (non-hydrogen) atoms. The molecule has 0 saturated heterocycles. The molecule has 1 aromatic carbocycles. The summed E-state index contributed by atoms with van der Waals surface area (Å²) in [4.78, 5) is 10.1. The third-order valence-corrected chi connectivity index (χ3v) is 4.23. The maximum absolute atomic E-state index is 13.3. The second kappa shape index (κ2) is 6.04. The van der Waals surface area contributed by atoms with Crippen LogP contribution in [-0.4, -0.2) is 20.0 Å². The van der Waals surface area contributed by atoms with Gasteiger partial charge >= 0.3 is 0 Å². The minimum Gasteiger partial charge on any atom is -0.300 e. The van der Waals surface area contributed by atoms with Gasteiger partial charge in [-0.1, -0.05) is 0 Å². The SMILES string of the molecule is CC(=O)CCCCS(=O)(=O)c1cc(F)ccc1F. The number of Topliss-reactive ketones (excluding diaryl/α,β-unsaturated/α-hetero) is 1. The van der Waals surface area contributed by atoms with E-state index in [1.54, 1.807) is 0 Å². The highest BCUT2D eigenvalue weighted by atomic mass is 32.2. The average Bonchev–Trinajstić information content (AvgIpc) is 2.27. The van der Waals surface area contributed by atoms with Gasteiger partial charge in [-0.05, 0) is 38.0 Å². The second-order valence-corrected chi connectivity index (χ2v) is 6.13. The summed E-state index contributed by atoms with van der Waals surface area (Å²) < 4.78 is 49.7. The molecule has 0 saturated carbocycles. The monoisotopic (exact) mass is 276 g/mol. The van der Waals surface area contributed by atoms with Gasteiger partial charge in [0, 0.05) is 6.42 Å². The van der Waals surface area contributed by atoms with E-state index in [1.165, 1.54) is 6.92 Å². The predicted molar refractivity (Wildman–Crippen MR) is 62.9 cm³/mol. The lowest BCUT2D eigenvalue weighted by Crippen LogP contribution is -2.09. The number of hydrogen-bond donors (Lipinski definition) is 0. The Morgan fingerprint density at radius 1 is 1.22 bits per heavy atom. The van der Waals surface area contributed by atoms with E-state index in [1.807, 2.05) is 0 Å². The molecule has 0 spiro atoms. The highest BCUT2D eigenvalue weighted by Crippen LogP contribution is 2.18. The van der Waals surface area contributed by atoms with Crippen LogP contribution < -0.4 is 0 Å². The number of rotatable bonds is 6. The van der Waals surface area contributed by atoms with Crippen molar-refractivity contribution in [1.82, 2.24) is 0 Å². The molecule has 1 aromatic rings. The fourth-order valence-corrected chi connectivity index (χ4v) is 2.95. The van der Waals surface area contributed by atoms with Crippen LogP contribution in [0.3, 0.4) is 0 Å². The first-order valence-electron chi connectivity index (χ1n) is 5.50. The molecule has 0 aromatic heterocycles. The molecule has 3 nitrogen and oxygen atoms in total. The van der Waals surface area contributed by atoms with Crippen LogP contribution in [0.1, 0.15) is 26.2 Å². The zero-order chi connectivity index (χ0) is 13.8. The molecule has 0 aliphatic carbocycles. The Kier molecular flexibility index (Phi) is 4.95. The van der Waals surface area contributed by atoms with Crippen molar-refractivity contribution < 1.29 is 22.0 Å². The second-order valence-electron chi connectivity index (χ2n) is 4.05.